The predicted molar refractivity (Wildman–Crippen MR) is 89.9 cm³/mol. The van der Waals surface area contributed by atoms with Crippen LogP contribution in [0.25, 0.3) is 0 Å². The number of H-pyrrole nitrogens is 1. The van der Waals surface area contributed by atoms with Crippen molar-refractivity contribution >= 4 is 5.91 Å². The van der Waals surface area contributed by atoms with Crippen molar-refractivity contribution in [3.05, 3.63) is 46.7 Å². The number of imidazole rings is 1. The first-order valence-corrected chi connectivity index (χ1v) is 8.54. The highest BCUT2D eigenvalue weighted by Gasteiger charge is 2.27. The van der Waals surface area contributed by atoms with Crippen LogP contribution in [0.2, 0.25) is 0 Å². The van der Waals surface area contributed by atoms with Crippen molar-refractivity contribution in [1.82, 2.24) is 24.4 Å². The smallest absolute Gasteiger partial charge is 0.273 e. The zero-order valence-corrected chi connectivity index (χ0v) is 13.9. The number of unbranched alkanes of at least 4 members (excludes halogenated alkanes) is 1. The fourth-order valence-electron chi connectivity index (χ4n) is 3.16. The van der Waals surface area contributed by atoms with E-state index in [1.54, 1.807) is 4.90 Å². The molecule has 0 spiro atoms. The number of carbonyl (C=O) groups excluding carboxylic acids is 1. The van der Waals surface area contributed by atoms with Crippen molar-refractivity contribution < 1.29 is 4.79 Å². The molecule has 0 aliphatic carbocycles. The molecule has 2 aromatic heterocycles. The minimum atomic E-state index is -0.302. The molecule has 1 amide bonds. The van der Waals surface area contributed by atoms with Gasteiger partial charge in [0.05, 0.1) is 6.20 Å². The second-order valence-corrected chi connectivity index (χ2v) is 6.20. The maximum Gasteiger partial charge on any atom is 0.273 e. The average Bonchev–Trinajstić information content (AvgIpc) is 3.08. The van der Waals surface area contributed by atoms with Crippen LogP contribution in [-0.2, 0) is 6.54 Å². The number of piperidine rings is 1. The van der Waals surface area contributed by atoms with Crippen LogP contribution in [0.15, 0.2) is 29.6 Å². The van der Waals surface area contributed by atoms with E-state index in [1.165, 1.54) is 6.20 Å². The van der Waals surface area contributed by atoms with Gasteiger partial charge in [-0.3, -0.25) is 9.59 Å². The third-order valence-corrected chi connectivity index (χ3v) is 4.54. The highest BCUT2D eigenvalue weighted by atomic mass is 16.2. The number of likely N-dealkylation sites (tertiary alicyclic amines) is 1. The lowest BCUT2D eigenvalue weighted by molar-refractivity contribution is 0.0703. The van der Waals surface area contributed by atoms with Crippen LogP contribution in [0.1, 0.15) is 54.8 Å². The second kappa shape index (κ2) is 7.42. The quantitative estimate of drug-likeness (QED) is 0.906. The van der Waals surface area contributed by atoms with E-state index in [0.29, 0.717) is 19.0 Å². The van der Waals surface area contributed by atoms with E-state index in [-0.39, 0.29) is 17.2 Å². The number of hydrogen-bond donors (Lipinski definition) is 1. The number of aromatic amines is 1. The first-order valence-electron chi connectivity index (χ1n) is 8.54. The summed E-state index contributed by atoms with van der Waals surface area (Å²) in [5.74, 6) is 1.40. The summed E-state index contributed by atoms with van der Waals surface area (Å²) in [4.78, 5) is 36.2. The largest absolute Gasteiger partial charge is 0.337 e. The molecule has 7 heteroatoms. The molecule has 3 heterocycles. The SMILES string of the molecule is CCCCn1ccnc1C1CCN(C(=O)c2c[nH]c(=O)cn2)CC1. The van der Waals surface area contributed by atoms with Gasteiger partial charge in [-0.05, 0) is 19.3 Å². The molecule has 1 aliphatic heterocycles. The van der Waals surface area contributed by atoms with E-state index < -0.39 is 0 Å². The summed E-state index contributed by atoms with van der Waals surface area (Å²) < 4.78 is 2.25. The van der Waals surface area contributed by atoms with Crippen LogP contribution in [0.4, 0.5) is 0 Å². The van der Waals surface area contributed by atoms with Gasteiger partial charge < -0.3 is 14.5 Å². The number of nitrogens with one attached hydrogen (secondary N) is 1. The van der Waals surface area contributed by atoms with E-state index in [4.69, 9.17) is 0 Å². The topological polar surface area (TPSA) is 83.9 Å². The highest BCUT2D eigenvalue weighted by Crippen LogP contribution is 2.27. The molecular weight excluding hydrogens is 306 g/mol. The fraction of sp³-hybridized carbons (Fsp3) is 0.529. The van der Waals surface area contributed by atoms with Gasteiger partial charge in [-0.15, -0.1) is 0 Å². The third-order valence-electron chi connectivity index (χ3n) is 4.54. The summed E-state index contributed by atoms with van der Waals surface area (Å²) in [7, 11) is 0. The van der Waals surface area contributed by atoms with Crippen molar-refractivity contribution in [1.29, 1.82) is 0 Å². The number of aryl methyl sites for hydroxylation is 1. The van der Waals surface area contributed by atoms with Crippen molar-refractivity contribution in [2.45, 2.75) is 45.1 Å². The lowest BCUT2D eigenvalue weighted by Crippen LogP contribution is -2.39. The Balaban J connectivity index is 1.61. The van der Waals surface area contributed by atoms with Crippen LogP contribution in [0, 0.1) is 0 Å². The summed E-state index contributed by atoms with van der Waals surface area (Å²) in [6.45, 7) is 4.56. The van der Waals surface area contributed by atoms with Gasteiger partial charge in [0.1, 0.15) is 11.5 Å². The van der Waals surface area contributed by atoms with Crippen molar-refractivity contribution in [3.63, 3.8) is 0 Å². The van der Waals surface area contributed by atoms with E-state index in [0.717, 1.165) is 44.2 Å². The van der Waals surface area contributed by atoms with Gasteiger partial charge in [-0.2, -0.15) is 0 Å². The predicted octanol–water partition coefficient (Wildman–Crippen LogP) is 1.79. The van der Waals surface area contributed by atoms with Crippen LogP contribution in [0.5, 0.6) is 0 Å². The summed E-state index contributed by atoms with van der Waals surface area (Å²) in [6, 6.07) is 0. The molecule has 3 rings (SSSR count). The van der Waals surface area contributed by atoms with Crippen molar-refractivity contribution in [2.75, 3.05) is 13.1 Å². The Morgan fingerprint density at radius 3 is 2.79 bits per heavy atom. The maximum absolute atomic E-state index is 12.4. The van der Waals surface area contributed by atoms with E-state index in [1.807, 2.05) is 12.4 Å². The van der Waals surface area contributed by atoms with E-state index in [9.17, 15) is 9.59 Å². The standard InChI is InChI=1S/C17H23N5O2/c1-2-3-7-21-10-6-18-16(21)13-4-8-22(9-5-13)17(24)14-11-20-15(23)12-19-14/h6,10-13H,2-5,7-9H2,1H3,(H,20,23). The number of carbonyl (C=O) groups is 1. The Hall–Kier alpha value is -2.44. The molecule has 1 saturated heterocycles. The zero-order valence-electron chi connectivity index (χ0n) is 13.9. The van der Waals surface area contributed by atoms with E-state index in [2.05, 4.69) is 26.4 Å². The van der Waals surface area contributed by atoms with Crippen LogP contribution in [-0.4, -0.2) is 43.4 Å². The molecule has 1 N–H and O–H groups in total. The molecule has 7 nitrogen and oxygen atoms in total. The summed E-state index contributed by atoms with van der Waals surface area (Å²) in [5, 5.41) is 0. The molecule has 24 heavy (non-hydrogen) atoms. The molecule has 0 bridgehead atoms. The normalized spacial score (nSPS) is 15.6. The molecule has 0 atom stereocenters. The van der Waals surface area contributed by atoms with Gasteiger partial charge in [0.25, 0.3) is 11.5 Å². The lowest BCUT2D eigenvalue weighted by Gasteiger charge is -2.31. The molecular formula is C17H23N5O2. The first-order chi connectivity index (χ1) is 11.7. The van der Waals surface area contributed by atoms with E-state index >= 15 is 0 Å². The lowest BCUT2D eigenvalue weighted by atomic mass is 9.95. The molecule has 128 valence electrons. The fourth-order valence-corrected chi connectivity index (χ4v) is 3.16. The number of rotatable bonds is 5. The molecule has 0 saturated carbocycles. The average molecular weight is 329 g/mol. The summed E-state index contributed by atoms with van der Waals surface area (Å²) in [6.07, 6.45) is 10.6. The maximum atomic E-state index is 12.4. The Labute approximate surface area is 140 Å². The van der Waals surface area contributed by atoms with Gasteiger partial charge in [0.15, 0.2) is 0 Å². The zero-order chi connectivity index (χ0) is 16.9. The van der Waals surface area contributed by atoms with Gasteiger partial charge in [-0.1, -0.05) is 13.3 Å². The molecule has 1 fully saturated rings. The van der Waals surface area contributed by atoms with Crippen LogP contribution in [0.3, 0.4) is 0 Å². The number of aromatic nitrogens is 4. The monoisotopic (exact) mass is 329 g/mol. The second-order valence-electron chi connectivity index (χ2n) is 6.20. The molecule has 0 radical (unpaired) electrons. The highest BCUT2D eigenvalue weighted by molar-refractivity contribution is 5.92. The summed E-state index contributed by atoms with van der Waals surface area (Å²) >= 11 is 0. The minimum absolute atomic E-state index is 0.126. The first kappa shape index (κ1) is 16.4. The van der Waals surface area contributed by atoms with Crippen molar-refractivity contribution in [2.24, 2.45) is 0 Å². The van der Waals surface area contributed by atoms with Crippen LogP contribution >= 0.6 is 0 Å². The summed E-state index contributed by atoms with van der Waals surface area (Å²) in [5.41, 5.74) is -0.0123. The molecule has 2 aromatic rings. The van der Waals surface area contributed by atoms with Crippen molar-refractivity contribution in [3.8, 4) is 0 Å². The Bertz CT molecular complexity index is 723. The van der Waals surface area contributed by atoms with Crippen LogP contribution < -0.4 is 5.56 Å². The van der Waals surface area contributed by atoms with Gasteiger partial charge in [0.2, 0.25) is 0 Å². The Kier molecular flexibility index (Phi) is 5.08. The Morgan fingerprint density at radius 1 is 1.33 bits per heavy atom. The van der Waals surface area contributed by atoms with Gasteiger partial charge >= 0.3 is 0 Å². The van der Waals surface area contributed by atoms with Gasteiger partial charge in [-0.25, -0.2) is 9.97 Å². The third kappa shape index (κ3) is 3.55. The number of amides is 1. The number of hydrogen-bond acceptors (Lipinski definition) is 4. The minimum Gasteiger partial charge on any atom is -0.337 e. The Morgan fingerprint density at radius 2 is 2.12 bits per heavy atom. The number of nitrogens with zero attached hydrogens (tertiary/aromatic N) is 4. The molecule has 0 unspecified atom stereocenters. The molecule has 0 aromatic carbocycles. The van der Waals surface area contributed by atoms with Gasteiger partial charge in [0, 0.05) is 44.1 Å². The molecule has 1 aliphatic rings.